The zero-order valence-corrected chi connectivity index (χ0v) is 16.3. The Morgan fingerprint density at radius 2 is 2.04 bits per heavy atom. The van der Waals surface area contributed by atoms with E-state index in [1.165, 1.54) is 23.1 Å². The van der Waals surface area contributed by atoms with E-state index in [2.05, 4.69) is 4.98 Å². The lowest BCUT2D eigenvalue weighted by Gasteiger charge is -2.15. The Morgan fingerprint density at radius 1 is 1.36 bits per heavy atom. The summed E-state index contributed by atoms with van der Waals surface area (Å²) in [6.07, 6.45) is 0.750. The molecule has 9 heteroatoms. The molecule has 136 valence electrons. The van der Waals surface area contributed by atoms with Crippen molar-refractivity contribution in [1.82, 2.24) is 14.9 Å². The molecular weight excluding hydrogens is 360 g/mol. The minimum absolute atomic E-state index is 0.00957. The van der Waals surface area contributed by atoms with E-state index in [9.17, 15) is 14.4 Å². The van der Waals surface area contributed by atoms with Crippen molar-refractivity contribution in [3.05, 3.63) is 20.8 Å². The topological polar surface area (TPSA) is 107 Å². The van der Waals surface area contributed by atoms with Gasteiger partial charge in [-0.3, -0.25) is 19.5 Å². The monoisotopic (exact) mass is 382 g/mol. The van der Waals surface area contributed by atoms with Crippen molar-refractivity contribution in [2.24, 2.45) is 5.73 Å². The Balaban J connectivity index is 2.20. The number of aryl methyl sites for hydroxylation is 2. The molecule has 0 atom stereocenters. The Labute approximate surface area is 154 Å². The number of carbonyl (C=O) groups is 2. The number of hydrogen-bond acceptors (Lipinski definition) is 6. The number of nitrogens with two attached hydrogens (primary N) is 1. The van der Waals surface area contributed by atoms with E-state index in [1.54, 1.807) is 4.57 Å². The van der Waals surface area contributed by atoms with E-state index in [-0.39, 0.29) is 18.0 Å². The maximum Gasteiger partial charge on any atom is 0.318 e. The fourth-order valence-corrected chi connectivity index (χ4v) is 4.58. The summed E-state index contributed by atoms with van der Waals surface area (Å²) in [5, 5.41) is 3.39. The molecule has 7 nitrogen and oxygen atoms in total. The summed E-state index contributed by atoms with van der Waals surface area (Å²) >= 11 is 2.97. The summed E-state index contributed by atoms with van der Waals surface area (Å²) in [5.74, 6) is 0.211. The van der Waals surface area contributed by atoms with Crippen molar-refractivity contribution in [3.8, 4) is 0 Å². The van der Waals surface area contributed by atoms with Crippen LogP contribution in [-0.2, 0) is 4.79 Å². The number of fused-ring (bicyclic) bond motifs is 1. The highest BCUT2D eigenvalue weighted by molar-refractivity contribution is 7.99. The maximum atomic E-state index is 12.9. The number of imide groups is 1. The van der Waals surface area contributed by atoms with E-state index in [4.69, 9.17) is 5.73 Å². The number of urea groups is 1. The van der Waals surface area contributed by atoms with Gasteiger partial charge in [0.2, 0.25) is 5.91 Å². The lowest BCUT2D eigenvalue weighted by molar-refractivity contribution is -0.119. The zero-order valence-electron chi connectivity index (χ0n) is 14.7. The van der Waals surface area contributed by atoms with Crippen LogP contribution in [0.25, 0.3) is 10.2 Å². The molecule has 3 N–H and O–H groups in total. The minimum Gasteiger partial charge on any atom is -0.351 e. The zero-order chi connectivity index (χ0) is 18.7. The fraction of sp³-hybridized carbons (Fsp3) is 0.500. The van der Waals surface area contributed by atoms with Crippen molar-refractivity contribution in [2.75, 3.05) is 5.75 Å². The normalized spacial score (nSPS) is 11.2. The molecule has 0 radical (unpaired) electrons. The van der Waals surface area contributed by atoms with Gasteiger partial charge in [-0.15, -0.1) is 11.3 Å². The van der Waals surface area contributed by atoms with Gasteiger partial charge in [0.15, 0.2) is 5.16 Å². The van der Waals surface area contributed by atoms with Crippen LogP contribution in [0.2, 0.25) is 0 Å². The molecule has 2 rings (SSSR count). The van der Waals surface area contributed by atoms with Crippen LogP contribution in [0.3, 0.4) is 0 Å². The molecule has 0 saturated heterocycles. The Morgan fingerprint density at radius 3 is 2.64 bits per heavy atom. The smallest absolute Gasteiger partial charge is 0.318 e. The molecule has 0 bridgehead atoms. The van der Waals surface area contributed by atoms with Gasteiger partial charge in [-0.05, 0) is 39.7 Å². The van der Waals surface area contributed by atoms with Crippen LogP contribution in [0, 0.1) is 13.8 Å². The molecule has 0 unspecified atom stereocenters. The van der Waals surface area contributed by atoms with Crippen LogP contribution in [0.15, 0.2) is 9.95 Å². The molecule has 2 aromatic heterocycles. The number of primary amides is 1. The van der Waals surface area contributed by atoms with Crippen molar-refractivity contribution in [3.63, 3.8) is 0 Å². The number of rotatable bonds is 6. The summed E-state index contributed by atoms with van der Waals surface area (Å²) in [5.41, 5.74) is 5.88. The van der Waals surface area contributed by atoms with E-state index < -0.39 is 11.9 Å². The van der Waals surface area contributed by atoms with E-state index >= 15 is 0 Å². The first kappa shape index (κ1) is 19.5. The Kier molecular flexibility index (Phi) is 6.23. The van der Waals surface area contributed by atoms with Crippen molar-refractivity contribution >= 4 is 45.3 Å². The van der Waals surface area contributed by atoms with Gasteiger partial charge < -0.3 is 5.73 Å². The van der Waals surface area contributed by atoms with Gasteiger partial charge in [-0.1, -0.05) is 11.8 Å². The van der Waals surface area contributed by atoms with Crippen molar-refractivity contribution < 1.29 is 9.59 Å². The highest BCUT2D eigenvalue weighted by atomic mass is 32.2. The lowest BCUT2D eigenvalue weighted by atomic mass is 10.2. The molecule has 2 aromatic rings. The van der Waals surface area contributed by atoms with Gasteiger partial charge in [0, 0.05) is 23.1 Å². The van der Waals surface area contributed by atoms with Gasteiger partial charge in [0.1, 0.15) is 4.83 Å². The van der Waals surface area contributed by atoms with Crippen molar-refractivity contribution in [2.45, 2.75) is 51.7 Å². The average molecular weight is 383 g/mol. The molecule has 0 aliphatic rings. The number of thioether (sulfide) groups is 1. The maximum absolute atomic E-state index is 12.9. The number of nitrogens with zero attached hydrogens (tertiary/aromatic N) is 2. The highest BCUT2D eigenvalue weighted by Crippen LogP contribution is 2.29. The average Bonchev–Trinajstić information content (AvgIpc) is 2.77. The quantitative estimate of drug-likeness (QED) is 0.454. The lowest BCUT2D eigenvalue weighted by Crippen LogP contribution is -2.34. The predicted molar refractivity (Wildman–Crippen MR) is 101 cm³/mol. The van der Waals surface area contributed by atoms with E-state index in [1.807, 2.05) is 33.0 Å². The second-order valence-corrected chi connectivity index (χ2v) is 8.26. The molecule has 0 saturated carbocycles. The van der Waals surface area contributed by atoms with E-state index in [0.717, 1.165) is 15.3 Å². The molecule has 2 heterocycles. The third-order valence-corrected chi connectivity index (χ3v) is 5.90. The standard InChI is InChI=1S/C16H22N4O3S2/c1-8(2)20-14(22)12-9(3)10(4)25-13(12)19-16(20)24-7-5-6-11(21)18-15(17)23/h8H,5-7H2,1-4H3,(H3,17,18,21,23). The summed E-state index contributed by atoms with van der Waals surface area (Å²) in [6.45, 7) is 7.85. The van der Waals surface area contributed by atoms with Gasteiger partial charge >= 0.3 is 6.03 Å². The summed E-state index contributed by atoms with van der Waals surface area (Å²) in [6, 6.07) is -0.855. The Hall–Kier alpha value is -1.87. The third kappa shape index (κ3) is 4.40. The van der Waals surface area contributed by atoms with Crippen LogP contribution in [0.5, 0.6) is 0 Å². The molecule has 0 aliphatic heterocycles. The molecule has 0 aromatic carbocycles. The van der Waals surface area contributed by atoms with Crippen LogP contribution in [0.4, 0.5) is 4.79 Å². The number of hydrogen-bond donors (Lipinski definition) is 2. The molecule has 0 aliphatic carbocycles. The molecule has 25 heavy (non-hydrogen) atoms. The molecule has 0 spiro atoms. The SMILES string of the molecule is Cc1sc2nc(SCCCC(=O)NC(N)=O)n(C(C)C)c(=O)c2c1C. The van der Waals surface area contributed by atoms with Crippen LogP contribution < -0.4 is 16.6 Å². The highest BCUT2D eigenvalue weighted by Gasteiger charge is 2.18. The summed E-state index contributed by atoms with van der Waals surface area (Å²) < 4.78 is 1.70. The van der Waals surface area contributed by atoms with Crippen LogP contribution in [0.1, 0.15) is 43.2 Å². The van der Waals surface area contributed by atoms with Gasteiger partial charge in [-0.25, -0.2) is 9.78 Å². The number of thiophene rings is 1. The van der Waals surface area contributed by atoms with Crippen molar-refractivity contribution in [1.29, 1.82) is 0 Å². The molecule has 3 amide bonds. The summed E-state index contributed by atoms with van der Waals surface area (Å²) in [4.78, 5) is 41.4. The number of amides is 3. The third-order valence-electron chi connectivity index (χ3n) is 3.76. The fourth-order valence-electron chi connectivity index (χ4n) is 2.44. The Bertz CT molecular complexity index is 870. The van der Waals surface area contributed by atoms with Crippen LogP contribution >= 0.6 is 23.1 Å². The van der Waals surface area contributed by atoms with Crippen LogP contribution in [-0.4, -0.2) is 27.2 Å². The van der Waals surface area contributed by atoms with Gasteiger partial charge in [0.25, 0.3) is 5.56 Å². The van der Waals surface area contributed by atoms with Gasteiger partial charge in [0.05, 0.1) is 5.39 Å². The minimum atomic E-state index is -0.846. The van der Waals surface area contributed by atoms with Gasteiger partial charge in [-0.2, -0.15) is 0 Å². The molecule has 0 fully saturated rings. The van der Waals surface area contributed by atoms with E-state index in [0.29, 0.717) is 22.7 Å². The number of aromatic nitrogens is 2. The second-order valence-electron chi connectivity index (χ2n) is 5.99. The first-order chi connectivity index (χ1) is 11.7. The second kappa shape index (κ2) is 8.01. The largest absolute Gasteiger partial charge is 0.351 e. The summed E-state index contributed by atoms with van der Waals surface area (Å²) in [7, 11) is 0. The first-order valence-electron chi connectivity index (χ1n) is 7.96. The number of carbonyl (C=O) groups excluding carboxylic acids is 2. The molecular formula is C16H22N4O3S2. The predicted octanol–water partition coefficient (Wildman–Crippen LogP) is 2.72. The first-order valence-corrected chi connectivity index (χ1v) is 9.77. The number of nitrogens with one attached hydrogen (secondary N) is 1.